The molecule has 0 saturated carbocycles. The Morgan fingerprint density at radius 3 is 2.88 bits per heavy atom. The number of methoxy groups -OCH3 is 1. The van der Waals surface area contributed by atoms with Gasteiger partial charge < -0.3 is 10.1 Å². The fraction of sp³-hybridized carbons (Fsp3) is 0.417. The fourth-order valence-electron chi connectivity index (χ4n) is 1.33. The number of carbonyl (C=O) groups excluding carboxylic acids is 1. The third kappa shape index (κ3) is 3.52. The third-order valence-corrected chi connectivity index (χ3v) is 2.83. The first-order valence-corrected chi connectivity index (χ1v) is 6.30. The van der Waals surface area contributed by atoms with Crippen LogP contribution >= 0.6 is 15.9 Å². The Kier molecular flexibility index (Phi) is 5.32. The predicted molar refractivity (Wildman–Crippen MR) is 68.5 cm³/mol. The zero-order chi connectivity index (χ0) is 12.0. The molecule has 0 fully saturated rings. The molecule has 0 aromatic heterocycles. The van der Waals surface area contributed by atoms with Gasteiger partial charge in [-0.15, -0.1) is 0 Å². The molecule has 1 amide bonds. The van der Waals surface area contributed by atoms with Crippen molar-refractivity contribution in [3.8, 4) is 5.75 Å². The Labute approximate surface area is 104 Å². The molecule has 1 N–H and O–H groups in total. The predicted octanol–water partition coefficient (Wildman–Crippen LogP) is 2.52. The van der Waals surface area contributed by atoms with Crippen LogP contribution in [0.15, 0.2) is 18.2 Å². The molecule has 1 aromatic rings. The second-order valence-corrected chi connectivity index (χ2v) is 4.28. The minimum Gasteiger partial charge on any atom is -0.496 e. The molecule has 4 heteroatoms. The fourth-order valence-corrected chi connectivity index (χ4v) is 1.61. The van der Waals surface area contributed by atoms with Crippen molar-refractivity contribution in [2.24, 2.45) is 0 Å². The highest BCUT2D eigenvalue weighted by atomic mass is 79.9. The van der Waals surface area contributed by atoms with Crippen molar-refractivity contribution in [3.63, 3.8) is 0 Å². The van der Waals surface area contributed by atoms with Crippen LogP contribution in [0.5, 0.6) is 5.75 Å². The summed E-state index contributed by atoms with van der Waals surface area (Å²) >= 11 is 3.32. The SMILES string of the molecule is COc1cc(C(=O)NCCCBr)ccc1C. The number of halogens is 1. The molecule has 0 aliphatic carbocycles. The van der Waals surface area contributed by atoms with E-state index < -0.39 is 0 Å². The van der Waals surface area contributed by atoms with Gasteiger partial charge in [0.25, 0.3) is 5.91 Å². The molecule has 0 spiro atoms. The minimum absolute atomic E-state index is 0.0562. The molecule has 1 aromatic carbocycles. The summed E-state index contributed by atoms with van der Waals surface area (Å²) in [5.74, 6) is 0.687. The number of aryl methyl sites for hydroxylation is 1. The second kappa shape index (κ2) is 6.53. The van der Waals surface area contributed by atoms with Crippen LogP contribution in [0.3, 0.4) is 0 Å². The van der Waals surface area contributed by atoms with E-state index in [9.17, 15) is 4.79 Å². The van der Waals surface area contributed by atoms with Gasteiger partial charge in [0.2, 0.25) is 0 Å². The Morgan fingerprint density at radius 1 is 1.50 bits per heavy atom. The average molecular weight is 286 g/mol. The van der Waals surface area contributed by atoms with Crippen LogP contribution in [0, 0.1) is 6.92 Å². The second-order valence-electron chi connectivity index (χ2n) is 3.48. The molecule has 0 saturated heterocycles. The maximum absolute atomic E-state index is 11.7. The largest absolute Gasteiger partial charge is 0.496 e. The summed E-state index contributed by atoms with van der Waals surface area (Å²) in [6.45, 7) is 2.63. The maximum Gasteiger partial charge on any atom is 0.251 e. The smallest absolute Gasteiger partial charge is 0.251 e. The van der Waals surface area contributed by atoms with Crippen LogP contribution in [0.4, 0.5) is 0 Å². The number of nitrogens with one attached hydrogen (secondary N) is 1. The van der Waals surface area contributed by atoms with E-state index in [-0.39, 0.29) is 5.91 Å². The molecular weight excluding hydrogens is 270 g/mol. The van der Waals surface area contributed by atoms with Crippen molar-refractivity contribution in [1.82, 2.24) is 5.32 Å². The number of benzene rings is 1. The molecule has 0 bridgehead atoms. The van der Waals surface area contributed by atoms with Gasteiger partial charge in [0.1, 0.15) is 5.75 Å². The summed E-state index contributed by atoms with van der Waals surface area (Å²) in [6.07, 6.45) is 0.925. The Hall–Kier alpha value is -1.03. The quantitative estimate of drug-likeness (QED) is 0.667. The van der Waals surface area contributed by atoms with Gasteiger partial charge in [0.15, 0.2) is 0 Å². The van der Waals surface area contributed by atoms with E-state index in [1.54, 1.807) is 19.2 Å². The van der Waals surface area contributed by atoms with Gasteiger partial charge in [-0.3, -0.25) is 4.79 Å². The van der Waals surface area contributed by atoms with E-state index in [1.807, 2.05) is 13.0 Å². The van der Waals surface area contributed by atoms with Crippen molar-refractivity contribution in [2.75, 3.05) is 19.0 Å². The van der Waals surface area contributed by atoms with E-state index >= 15 is 0 Å². The third-order valence-electron chi connectivity index (χ3n) is 2.27. The first-order valence-electron chi connectivity index (χ1n) is 5.18. The topological polar surface area (TPSA) is 38.3 Å². The summed E-state index contributed by atoms with van der Waals surface area (Å²) < 4.78 is 5.17. The number of carbonyl (C=O) groups is 1. The normalized spacial score (nSPS) is 9.94. The van der Waals surface area contributed by atoms with Gasteiger partial charge in [0.05, 0.1) is 7.11 Å². The van der Waals surface area contributed by atoms with Crippen molar-refractivity contribution in [3.05, 3.63) is 29.3 Å². The molecule has 16 heavy (non-hydrogen) atoms. The van der Waals surface area contributed by atoms with Gasteiger partial charge in [0, 0.05) is 17.4 Å². The molecule has 88 valence electrons. The Balaban J connectivity index is 2.68. The lowest BCUT2D eigenvalue weighted by atomic mass is 10.1. The Bertz CT molecular complexity index is 366. The van der Waals surface area contributed by atoms with E-state index in [4.69, 9.17) is 4.74 Å². The van der Waals surface area contributed by atoms with Crippen molar-refractivity contribution < 1.29 is 9.53 Å². The van der Waals surface area contributed by atoms with Gasteiger partial charge >= 0.3 is 0 Å². The highest BCUT2D eigenvalue weighted by molar-refractivity contribution is 9.09. The van der Waals surface area contributed by atoms with Crippen LogP contribution in [0.1, 0.15) is 22.3 Å². The number of amides is 1. The van der Waals surface area contributed by atoms with E-state index in [0.29, 0.717) is 12.1 Å². The highest BCUT2D eigenvalue weighted by Crippen LogP contribution is 2.18. The first-order chi connectivity index (χ1) is 7.69. The summed E-state index contributed by atoms with van der Waals surface area (Å²) in [7, 11) is 1.61. The lowest BCUT2D eigenvalue weighted by Gasteiger charge is -2.08. The van der Waals surface area contributed by atoms with Crippen molar-refractivity contribution in [1.29, 1.82) is 0 Å². The van der Waals surface area contributed by atoms with Crippen LogP contribution in [0.25, 0.3) is 0 Å². The van der Waals surface area contributed by atoms with Gasteiger partial charge in [-0.05, 0) is 31.0 Å². The monoisotopic (exact) mass is 285 g/mol. The first kappa shape index (κ1) is 13.0. The molecule has 0 atom stereocenters. The van der Waals surface area contributed by atoms with Gasteiger partial charge in [-0.2, -0.15) is 0 Å². The lowest BCUT2D eigenvalue weighted by Crippen LogP contribution is -2.24. The van der Waals surface area contributed by atoms with Crippen LogP contribution in [0.2, 0.25) is 0 Å². The average Bonchev–Trinajstić information content (AvgIpc) is 2.30. The lowest BCUT2D eigenvalue weighted by molar-refractivity contribution is 0.0953. The summed E-state index contributed by atoms with van der Waals surface area (Å²) in [5, 5.41) is 3.74. The molecular formula is C12H16BrNO2. The summed E-state index contributed by atoms with van der Waals surface area (Å²) in [5.41, 5.74) is 1.66. The molecule has 1 rings (SSSR count). The van der Waals surface area contributed by atoms with Crippen LogP contribution in [-0.4, -0.2) is 24.9 Å². The highest BCUT2D eigenvalue weighted by Gasteiger charge is 2.07. The summed E-state index contributed by atoms with van der Waals surface area (Å²) in [6, 6.07) is 5.46. The number of alkyl halides is 1. The maximum atomic E-state index is 11.7. The van der Waals surface area contributed by atoms with Gasteiger partial charge in [-0.1, -0.05) is 22.0 Å². The van der Waals surface area contributed by atoms with E-state index in [0.717, 1.165) is 23.1 Å². The van der Waals surface area contributed by atoms with E-state index in [2.05, 4.69) is 21.2 Å². The molecule has 0 heterocycles. The number of rotatable bonds is 5. The zero-order valence-electron chi connectivity index (χ0n) is 9.55. The number of hydrogen-bond acceptors (Lipinski definition) is 2. The molecule has 0 aliphatic rings. The Morgan fingerprint density at radius 2 is 2.25 bits per heavy atom. The summed E-state index contributed by atoms with van der Waals surface area (Å²) in [4.78, 5) is 11.7. The van der Waals surface area contributed by atoms with E-state index in [1.165, 1.54) is 0 Å². The van der Waals surface area contributed by atoms with Gasteiger partial charge in [-0.25, -0.2) is 0 Å². The molecule has 0 radical (unpaired) electrons. The molecule has 0 unspecified atom stereocenters. The molecule has 0 aliphatic heterocycles. The molecule has 3 nitrogen and oxygen atoms in total. The standard InChI is InChI=1S/C12H16BrNO2/c1-9-4-5-10(8-11(9)16-2)12(15)14-7-3-6-13/h4-5,8H,3,6-7H2,1-2H3,(H,14,15). The zero-order valence-corrected chi connectivity index (χ0v) is 11.1. The van der Waals surface area contributed by atoms with Crippen LogP contribution < -0.4 is 10.1 Å². The van der Waals surface area contributed by atoms with Crippen LogP contribution in [-0.2, 0) is 0 Å². The number of ether oxygens (including phenoxy) is 1. The number of hydrogen-bond donors (Lipinski definition) is 1. The van der Waals surface area contributed by atoms with Crippen molar-refractivity contribution >= 4 is 21.8 Å². The van der Waals surface area contributed by atoms with Crippen molar-refractivity contribution in [2.45, 2.75) is 13.3 Å². The minimum atomic E-state index is -0.0562.